The molecule has 2 heterocycles. The van der Waals surface area contributed by atoms with Crippen molar-refractivity contribution in [2.75, 3.05) is 62.4 Å². The minimum atomic E-state index is -1.15. The number of methoxy groups -OCH3 is 1. The zero-order valence-electron chi connectivity index (χ0n) is 21.5. The predicted molar refractivity (Wildman–Crippen MR) is 140 cm³/mol. The van der Waals surface area contributed by atoms with Crippen LogP contribution in [0.5, 0.6) is 0 Å². The maximum atomic E-state index is 14.3. The van der Waals surface area contributed by atoms with Gasteiger partial charge in [-0.05, 0) is 56.3 Å². The number of nitrogens with zero attached hydrogens (tertiary/aromatic N) is 5. The monoisotopic (exact) mass is 487 g/mol. The number of hydrogen-bond acceptors (Lipinski definition) is 8. The third kappa shape index (κ3) is 7.13. The summed E-state index contributed by atoms with van der Waals surface area (Å²) >= 11 is 0. The van der Waals surface area contributed by atoms with E-state index in [1.54, 1.807) is 12.2 Å². The summed E-state index contributed by atoms with van der Waals surface area (Å²) in [5.41, 5.74) is 0.879. The van der Waals surface area contributed by atoms with E-state index in [-0.39, 0.29) is 0 Å². The standard InChI is InChI=1S/C26H42FN7O/c1-4-34-14-8-11-21(34)17-29-25-30-24(28-16-19-9-6-5-7-10-19)31-26(32-25)33(2)18-20-12-13-23(35-3)22(27)15-20/h12-13,15,19,21-23H,4-11,14,16-18H2,1-3H3,(H2,28,29,30,31,32). The lowest BCUT2D eigenvalue weighted by Gasteiger charge is -2.25. The van der Waals surface area contributed by atoms with E-state index >= 15 is 0 Å². The Bertz CT molecular complexity index is 873. The number of anilines is 3. The molecule has 3 unspecified atom stereocenters. The fourth-order valence-corrected chi connectivity index (χ4v) is 5.41. The molecule has 1 saturated carbocycles. The van der Waals surface area contributed by atoms with Crippen LogP contribution in [0.15, 0.2) is 23.8 Å². The smallest absolute Gasteiger partial charge is 0.231 e. The molecular weight excluding hydrogens is 445 g/mol. The molecule has 35 heavy (non-hydrogen) atoms. The first-order chi connectivity index (χ1) is 17.1. The normalized spacial score (nSPS) is 25.5. The van der Waals surface area contributed by atoms with E-state index in [0.29, 0.717) is 36.3 Å². The summed E-state index contributed by atoms with van der Waals surface area (Å²) in [6.07, 6.45) is 12.5. The Morgan fingerprint density at radius 2 is 1.80 bits per heavy atom. The molecule has 0 bridgehead atoms. The fourth-order valence-electron chi connectivity index (χ4n) is 5.41. The Morgan fingerprint density at radius 1 is 1.06 bits per heavy atom. The first-order valence-electron chi connectivity index (χ1n) is 13.3. The van der Waals surface area contributed by atoms with Gasteiger partial charge in [-0.2, -0.15) is 15.0 Å². The van der Waals surface area contributed by atoms with Crippen molar-refractivity contribution >= 4 is 17.8 Å². The molecule has 3 atom stereocenters. The number of rotatable bonds is 11. The number of likely N-dealkylation sites (N-methyl/N-ethyl adjacent to an activating group) is 2. The minimum Gasteiger partial charge on any atom is -0.374 e. The topological polar surface area (TPSA) is 78.4 Å². The third-order valence-electron chi connectivity index (χ3n) is 7.52. The molecule has 2 fully saturated rings. The lowest BCUT2D eigenvalue weighted by molar-refractivity contribution is 0.0852. The van der Waals surface area contributed by atoms with Crippen LogP contribution in [0.2, 0.25) is 0 Å². The van der Waals surface area contributed by atoms with Crippen LogP contribution in [0, 0.1) is 5.92 Å². The van der Waals surface area contributed by atoms with E-state index in [0.717, 1.165) is 31.8 Å². The van der Waals surface area contributed by atoms with E-state index in [2.05, 4.69) is 22.5 Å². The molecule has 0 radical (unpaired) electrons. The molecule has 4 rings (SSSR count). The highest BCUT2D eigenvalue weighted by Crippen LogP contribution is 2.25. The second-order valence-electron chi connectivity index (χ2n) is 10.1. The van der Waals surface area contributed by atoms with E-state index < -0.39 is 12.3 Å². The van der Waals surface area contributed by atoms with Gasteiger partial charge in [0.05, 0.1) is 0 Å². The van der Waals surface area contributed by atoms with Gasteiger partial charge >= 0.3 is 0 Å². The maximum absolute atomic E-state index is 14.3. The number of hydrogen-bond donors (Lipinski definition) is 2. The van der Waals surface area contributed by atoms with Crippen molar-refractivity contribution in [1.29, 1.82) is 0 Å². The molecule has 8 nitrogen and oxygen atoms in total. The minimum absolute atomic E-state index is 0.504. The first-order valence-corrected chi connectivity index (χ1v) is 13.3. The van der Waals surface area contributed by atoms with E-state index in [1.807, 2.05) is 18.0 Å². The van der Waals surface area contributed by atoms with Crippen LogP contribution in [0.3, 0.4) is 0 Å². The molecule has 0 amide bonds. The Morgan fingerprint density at radius 3 is 2.49 bits per heavy atom. The van der Waals surface area contributed by atoms with Gasteiger partial charge in [0.15, 0.2) is 0 Å². The van der Waals surface area contributed by atoms with E-state index in [4.69, 9.17) is 19.7 Å². The zero-order valence-corrected chi connectivity index (χ0v) is 21.5. The molecule has 1 saturated heterocycles. The van der Waals surface area contributed by atoms with Crippen LogP contribution in [0.25, 0.3) is 0 Å². The largest absolute Gasteiger partial charge is 0.374 e. The van der Waals surface area contributed by atoms with Gasteiger partial charge in [0, 0.05) is 39.8 Å². The molecule has 2 aliphatic carbocycles. The molecule has 1 aliphatic heterocycles. The molecular formula is C26H42FN7O. The number of alkyl halides is 1. The molecule has 3 aliphatic rings. The summed E-state index contributed by atoms with van der Waals surface area (Å²) in [4.78, 5) is 18.6. The second kappa shape index (κ2) is 12.6. The number of nitrogens with one attached hydrogen (secondary N) is 2. The van der Waals surface area contributed by atoms with Gasteiger partial charge in [-0.15, -0.1) is 0 Å². The van der Waals surface area contributed by atoms with Gasteiger partial charge in [0.1, 0.15) is 12.3 Å². The van der Waals surface area contributed by atoms with Crippen molar-refractivity contribution in [2.45, 2.75) is 70.2 Å². The summed E-state index contributed by atoms with van der Waals surface area (Å²) in [5.74, 6) is 2.44. The van der Waals surface area contributed by atoms with Gasteiger partial charge in [-0.25, -0.2) is 4.39 Å². The third-order valence-corrected chi connectivity index (χ3v) is 7.52. The summed E-state index contributed by atoms with van der Waals surface area (Å²) in [6, 6.07) is 0.504. The predicted octanol–water partition coefficient (Wildman–Crippen LogP) is 4.05. The number of likely N-dealkylation sites (tertiary alicyclic amines) is 1. The van der Waals surface area contributed by atoms with Gasteiger partial charge in [0.2, 0.25) is 17.8 Å². The highest BCUT2D eigenvalue weighted by molar-refractivity contribution is 5.45. The first kappa shape index (κ1) is 25.8. The number of ether oxygens (including phenoxy) is 1. The van der Waals surface area contributed by atoms with Gasteiger partial charge in [-0.1, -0.05) is 38.3 Å². The van der Waals surface area contributed by atoms with Crippen LogP contribution < -0.4 is 15.5 Å². The molecule has 194 valence electrons. The Kier molecular flexibility index (Phi) is 9.31. The Hall–Kier alpha value is -2.26. The summed E-state index contributed by atoms with van der Waals surface area (Å²) in [7, 11) is 3.46. The molecule has 0 spiro atoms. The van der Waals surface area contributed by atoms with E-state index in [9.17, 15) is 4.39 Å². The van der Waals surface area contributed by atoms with Crippen LogP contribution in [-0.2, 0) is 4.74 Å². The van der Waals surface area contributed by atoms with Gasteiger partial charge < -0.3 is 20.3 Å². The van der Waals surface area contributed by atoms with Crippen LogP contribution in [0.1, 0.15) is 51.9 Å². The Balaban J connectivity index is 1.45. The second-order valence-corrected chi connectivity index (χ2v) is 10.1. The number of aromatic nitrogens is 3. The summed E-state index contributed by atoms with van der Waals surface area (Å²) in [6.45, 7) is 6.64. The average Bonchev–Trinajstić information content (AvgIpc) is 3.34. The maximum Gasteiger partial charge on any atom is 0.231 e. The Labute approximate surface area is 209 Å². The molecule has 1 aromatic heterocycles. The summed E-state index contributed by atoms with van der Waals surface area (Å²) < 4.78 is 19.5. The van der Waals surface area contributed by atoms with Crippen molar-refractivity contribution in [3.05, 3.63) is 23.8 Å². The number of halogens is 1. The van der Waals surface area contributed by atoms with Crippen LogP contribution in [0.4, 0.5) is 22.2 Å². The SMILES string of the molecule is CCN1CCCC1CNc1nc(NCC2CCCCC2)nc(N(C)CC2=CC(F)C(OC)C=C2)n1. The highest BCUT2D eigenvalue weighted by atomic mass is 19.1. The van der Waals surface area contributed by atoms with Crippen molar-refractivity contribution in [2.24, 2.45) is 5.92 Å². The quantitative estimate of drug-likeness (QED) is 0.484. The summed E-state index contributed by atoms with van der Waals surface area (Å²) in [5, 5.41) is 6.95. The lowest BCUT2D eigenvalue weighted by Crippen LogP contribution is -2.35. The van der Waals surface area contributed by atoms with Crippen molar-refractivity contribution < 1.29 is 9.13 Å². The van der Waals surface area contributed by atoms with Crippen molar-refractivity contribution in [3.63, 3.8) is 0 Å². The van der Waals surface area contributed by atoms with Crippen LogP contribution in [-0.4, -0.2) is 85.1 Å². The van der Waals surface area contributed by atoms with Gasteiger partial charge in [0.25, 0.3) is 0 Å². The molecule has 1 aromatic rings. The van der Waals surface area contributed by atoms with Crippen molar-refractivity contribution in [3.8, 4) is 0 Å². The highest BCUT2D eigenvalue weighted by Gasteiger charge is 2.24. The lowest BCUT2D eigenvalue weighted by atomic mass is 9.89. The van der Waals surface area contributed by atoms with Gasteiger partial charge in [-0.3, -0.25) is 4.90 Å². The van der Waals surface area contributed by atoms with E-state index in [1.165, 1.54) is 52.1 Å². The van der Waals surface area contributed by atoms with Crippen LogP contribution >= 0.6 is 0 Å². The fraction of sp³-hybridized carbons (Fsp3) is 0.731. The molecule has 9 heteroatoms. The van der Waals surface area contributed by atoms with Crippen molar-refractivity contribution in [1.82, 2.24) is 19.9 Å². The molecule has 0 aromatic carbocycles. The zero-order chi connectivity index (χ0) is 24.6. The average molecular weight is 488 g/mol. The molecule has 2 N–H and O–H groups in total.